The zero-order valence-electron chi connectivity index (χ0n) is 23.3. The number of esters is 1. The molecule has 3 N–H and O–H groups in total. The predicted molar refractivity (Wildman–Crippen MR) is 155 cm³/mol. The van der Waals surface area contributed by atoms with E-state index in [0.29, 0.717) is 30.1 Å². The summed E-state index contributed by atoms with van der Waals surface area (Å²) in [4.78, 5) is 16.5. The van der Waals surface area contributed by atoms with Crippen molar-refractivity contribution in [2.24, 2.45) is 5.92 Å². The van der Waals surface area contributed by atoms with Crippen LogP contribution in [0.15, 0.2) is 60.9 Å². The molecule has 2 aromatic carbocycles. The molecule has 1 saturated heterocycles. The van der Waals surface area contributed by atoms with Gasteiger partial charge in [-0.2, -0.15) is 5.10 Å². The monoisotopic (exact) mass is 581 g/mol. The van der Waals surface area contributed by atoms with Crippen molar-refractivity contribution in [2.75, 3.05) is 25.5 Å². The highest BCUT2D eigenvalue weighted by atomic mass is 31.2. The number of ether oxygens (including phenoxy) is 2. The van der Waals surface area contributed by atoms with Crippen molar-refractivity contribution in [3.8, 4) is 5.75 Å². The van der Waals surface area contributed by atoms with Gasteiger partial charge in [0.05, 0.1) is 25.0 Å². The second-order valence-electron chi connectivity index (χ2n) is 10.1. The van der Waals surface area contributed by atoms with Gasteiger partial charge in [0, 0.05) is 0 Å². The number of hydrogen-bond acceptors (Lipinski definition) is 9. The maximum atomic E-state index is 13.9. The van der Waals surface area contributed by atoms with Crippen LogP contribution in [0.1, 0.15) is 51.3 Å². The van der Waals surface area contributed by atoms with E-state index < -0.39 is 13.7 Å². The molecule has 3 heterocycles. The molecule has 3 unspecified atom stereocenters. The molecule has 11 nitrogen and oxygen atoms in total. The molecule has 0 amide bonds. The zero-order valence-corrected chi connectivity index (χ0v) is 24.2. The van der Waals surface area contributed by atoms with Gasteiger partial charge in [-0.25, -0.2) is 19.2 Å². The van der Waals surface area contributed by atoms with Crippen LogP contribution in [0.25, 0.3) is 16.3 Å². The molecule has 2 aromatic heterocycles. The first-order chi connectivity index (χ1) is 19.9. The molecule has 4 aromatic rings. The Hall–Kier alpha value is -3.50. The number of rotatable bonds is 13. The lowest BCUT2D eigenvalue weighted by atomic mass is 10.1. The van der Waals surface area contributed by atoms with Crippen LogP contribution in [0.4, 0.5) is 5.82 Å². The number of nitrogens with zero attached hydrogens (tertiary/aromatic N) is 3. The number of benzene rings is 2. The van der Waals surface area contributed by atoms with Crippen molar-refractivity contribution in [3.05, 3.63) is 66.6 Å². The SMILES string of the molecule is CCC(CC)COC(=O)CNP(=O)(OCC1CCC(c2ccc3c(N)ncnn23)O1)Oc1ccc2ccccc2c1. The fourth-order valence-corrected chi connectivity index (χ4v) is 6.14. The van der Waals surface area contributed by atoms with Crippen molar-refractivity contribution >= 4 is 35.8 Å². The Morgan fingerprint density at radius 1 is 1.15 bits per heavy atom. The van der Waals surface area contributed by atoms with Crippen LogP contribution in [0.5, 0.6) is 5.75 Å². The first-order valence-corrected chi connectivity index (χ1v) is 15.5. The lowest BCUT2D eigenvalue weighted by molar-refractivity contribution is -0.143. The van der Waals surface area contributed by atoms with Crippen LogP contribution in [0.3, 0.4) is 0 Å². The van der Waals surface area contributed by atoms with E-state index in [2.05, 4.69) is 29.0 Å². The average molecular weight is 582 g/mol. The van der Waals surface area contributed by atoms with Crippen molar-refractivity contribution in [3.63, 3.8) is 0 Å². The van der Waals surface area contributed by atoms with Gasteiger partial charge in [0.25, 0.3) is 0 Å². The Morgan fingerprint density at radius 2 is 1.95 bits per heavy atom. The van der Waals surface area contributed by atoms with Gasteiger partial charge in [0.15, 0.2) is 5.82 Å². The molecular formula is C29H36N5O6P. The van der Waals surface area contributed by atoms with Gasteiger partial charge in [-0.3, -0.25) is 9.32 Å². The fraction of sp³-hybridized carbons (Fsp3) is 0.414. The van der Waals surface area contributed by atoms with E-state index in [0.717, 1.165) is 35.7 Å². The van der Waals surface area contributed by atoms with Crippen LogP contribution in [0.2, 0.25) is 0 Å². The van der Waals surface area contributed by atoms with E-state index in [4.69, 9.17) is 24.3 Å². The third kappa shape index (κ3) is 7.05. The highest BCUT2D eigenvalue weighted by molar-refractivity contribution is 7.52. The molecular weight excluding hydrogens is 545 g/mol. The molecule has 12 heteroatoms. The van der Waals surface area contributed by atoms with Crippen molar-refractivity contribution < 1.29 is 27.9 Å². The minimum absolute atomic E-state index is 0.00240. The highest BCUT2D eigenvalue weighted by Gasteiger charge is 2.34. The van der Waals surface area contributed by atoms with Crippen molar-refractivity contribution in [1.29, 1.82) is 0 Å². The van der Waals surface area contributed by atoms with Crippen LogP contribution in [-0.4, -0.2) is 46.4 Å². The molecule has 41 heavy (non-hydrogen) atoms. The molecule has 0 spiro atoms. The number of nitrogens with two attached hydrogens (primary N) is 1. The normalized spacial score (nSPS) is 18.6. The lowest BCUT2D eigenvalue weighted by Crippen LogP contribution is -2.28. The lowest BCUT2D eigenvalue weighted by Gasteiger charge is -2.22. The third-order valence-electron chi connectivity index (χ3n) is 7.38. The molecule has 1 aliphatic heterocycles. The van der Waals surface area contributed by atoms with Gasteiger partial charge in [-0.05, 0) is 53.8 Å². The van der Waals surface area contributed by atoms with Crippen molar-refractivity contribution in [1.82, 2.24) is 19.7 Å². The number of hydrogen-bond donors (Lipinski definition) is 2. The first-order valence-electron chi connectivity index (χ1n) is 13.9. The summed E-state index contributed by atoms with van der Waals surface area (Å²) in [5, 5.41) is 8.93. The molecule has 218 valence electrons. The summed E-state index contributed by atoms with van der Waals surface area (Å²) in [6, 6.07) is 16.9. The number of anilines is 1. The fourth-order valence-electron chi connectivity index (χ4n) is 4.86. The topological polar surface area (TPSA) is 139 Å². The van der Waals surface area contributed by atoms with E-state index in [1.165, 1.54) is 6.33 Å². The zero-order chi connectivity index (χ0) is 28.8. The summed E-state index contributed by atoms with van der Waals surface area (Å²) in [5.74, 6) is 0.498. The van der Waals surface area contributed by atoms with Crippen LogP contribution < -0.4 is 15.3 Å². The minimum atomic E-state index is -3.99. The molecule has 0 bridgehead atoms. The molecule has 1 fully saturated rings. The molecule has 5 rings (SSSR count). The van der Waals surface area contributed by atoms with E-state index in [-0.39, 0.29) is 31.3 Å². The molecule has 0 aliphatic carbocycles. The highest BCUT2D eigenvalue weighted by Crippen LogP contribution is 2.46. The Labute approximate surface area is 238 Å². The van der Waals surface area contributed by atoms with Gasteiger partial charge in [0.2, 0.25) is 0 Å². The maximum Gasteiger partial charge on any atom is 0.459 e. The molecule has 0 radical (unpaired) electrons. The first kappa shape index (κ1) is 29.0. The standard InChI is InChI=1S/C29H36N5O6P/c1-3-20(4-2)17-37-28(35)16-33-41(36,40-23-10-9-21-7-5-6-8-22(21)15-23)38-18-24-11-14-27(39-24)25-12-13-26-29(30)31-19-32-34(25)26/h5-10,12-13,15,19-20,24,27H,3-4,11,14,16-18H2,1-2H3,(H,33,36)(H2,30,31,32). The quantitative estimate of drug-likeness (QED) is 0.155. The van der Waals surface area contributed by atoms with Crippen LogP contribution >= 0.6 is 7.75 Å². The number of carbonyl (C=O) groups is 1. The second-order valence-corrected chi connectivity index (χ2v) is 11.9. The number of carbonyl (C=O) groups excluding carboxylic acids is 1. The van der Waals surface area contributed by atoms with Crippen LogP contribution in [-0.2, 0) is 23.4 Å². The third-order valence-corrected chi connectivity index (χ3v) is 8.86. The Balaban J connectivity index is 1.25. The summed E-state index contributed by atoms with van der Waals surface area (Å²) < 4.78 is 39.0. The summed E-state index contributed by atoms with van der Waals surface area (Å²) >= 11 is 0. The smallest absolute Gasteiger partial charge is 0.459 e. The van der Waals surface area contributed by atoms with Gasteiger partial charge < -0.3 is 19.7 Å². The number of nitrogens with one attached hydrogen (secondary N) is 1. The van der Waals surface area contributed by atoms with Gasteiger partial charge in [-0.1, -0.05) is 57.0 Å². The van der Waals surface area contributed by atoms with E-state index in [1.807, 2.05) is 42.5 Å². The maximum absolute atomic E-state index is 13.9. The van der Waals surface area contributed by atoms with E-state index in [9.17, 15) is 9.36 Å². The van der Waals surface area contributed by atoms with E-state index in [1.54, 1.807) is 16.6 Å². The predicted octanol–water partition coefficient (Wildman–Crippen LogP) is 5.46. The largest absolute Gasteiger partial charge is 0.464 e. The van der Waals surface area contributed by atoms with E-state index >= 15 is 0 Å². The summed E-state index contributed by atoms with van der Waals surface area (Å²) in [6.45, 7) is 4.09. The van der Waals surface area contributed by atoms with Gasteiger partial charge in [0.1, 0.15) is 30.2 Å². The van der Waals surface area contributed by atoms with Crippen LogP contribution in [0, 0.1) is 5.92 Å². The van der Waals surface area contributed by atoms with Gasteiger partial charge >= 0.3 is 13.7 Å². The molecule has 0 saturated carbocycles. The summed E-state index contributed by atoms with van der Waals surface area (Å²) in [6.07, 6.45) is 4.03. The second kappa shape index (κ2) is 13.0. The Morgan fingerprint density at radius 3 is 2.76 bits per heavy atom. The molecule has 1 aliphatic rings. The summed E-state index contributed by atoms with van der Waals surface area (Å²) in [7, 11) is -3.99. The molecule has 3 atom stereocenters. The summed E-state index contributed by atoms with van der Waals surface area (Å²) in [5.41, 5.74) is 7.52. The Bertz CT molecular complexity index is 1540. The number of fused-ring (bicyclic) bond motifs is 2. The number of nitrogen functional groups attached to an aromatic ring is 1. The van der Waals surface area contributed by atoms with Gasteiger partial charge in [-0.15, -0.1) is 0 Å². The number of aromatic nitrogens is 3. The minimum Gasteiger partial charge on any atom is -0.464 e. The van der Waals surface area contributed by atoms with Crippen molar-refractivity contribution in [2.45, 2.75) is 51.7 Å². The average Bonchev–Trinajstić information content (AvgIpc) is 3.64. The Kier molecular flexibility index (Phi) is 9.19.